The maximum Gasteiger partial charge on any atom is 0.338 e. The van der Waals surface area contributed by atoms with Crippen LogP contribution in [-0.4, -0.2) is 13.1 Å². The van der Waals surface area contributed by atoms with Gasteiger partial charge >= 0.3 is 5.97 Å². The van der Waals surface area contributed by atoms with Crippen molar-refractivity contribution in [2.45, 2.75) is 0 Å². The van der Waals surface area contributed by atoms with Crippen LogP contribution < -0.4 is 0 Å². The van der Waals surface area contributed by atoms with Crippen molar-refractivity contribution < 1.29 is 13.9 Å². The van der Waals surface area contributed by atoms with E-state index in [0.717, 1.165) is 6.07 Å². The molecule has 0 saturated heterocycles. The number of esters is 1. The Morgan fingerprint density at radius 2 is 2.23 bits per heavy atom. The van der Waals surface area contributed by atoms with Crippen LogP contribution in [0.2, 0.25) is 5.02 Å². The molecule has 0 spiro atoms. The third-order valence-electron chi connectivity index (χ3n) is 1.40. The minimum atomic E-state index is -0.600. The van der Waals surface area contributed by atoms with Crippen LogP contribution in [0.15, 0.2) is 12.1 Å². The van der Waals surface area contributed by atoms with Crippen molar-refractivity contribution in [3.05, 3.63) is 32.1 Å². The number of halogens is 3. The van der Waals surface area contributed by atoms with E-state index < -0.39 is 11.8 Å². The molecule has 0 N–H and O–H groups in total. The summed E-state index contributed by atoms with van der Waals surface area (Å²) in [7, 11) is 1.23. The minimum absolute atomic E-state index is 0.116. The third kappa shape index (κ3) is 2.31. The maximum atomic E-state index is 13.0. The van der Waals surface area contributed by atoms with Crippen LogP contribution in [0, 0.1) is 9.39 Å². The number of rotatable bonds is 1. The summed E-state index contributed by atoms with van der Waals surface area (Å²) in [5.74, 6) is -1.12. The van der Waals surface area contributed by atoms with E-state index in [0.29, 0.717) is 3.57 Å². The van der Waals surface area contributed by atoms with Gasteiger partial charge < -0.3 is 4.74 Å². The predicted octanol–water partition coefficient (Wildman–Crippen LogP) is 2.87. The lowest BCUT2D eigenvalue weighted by Gasteiger charge is -2.02. The Kier molecular flexibility index (Phi) is 3.49. The van der Waals surface area contributed by atoms with Gasteiger partial charge in [0.1, 0.15) is 5.82 Å². The van der Waals surface area contributed by atoms with E-state index in [1.807, 2.05) is 0 Å². The first-order valence-corrected chi connectivity index (χ1v) is 4.74. The van der Waals surface area contributed by atoms with Gasteiger partial charge in [-0.3, -0.25) is 0 Å². The quantitative estimate of drug-likeness (QED) is 0.453. The van der Waals surface area contributed by atoms with Crippen molar-refractivity contribution in [1.29, 1.82) is 0 Å². The number of methoxy groups -OCH3 is 1. The van der Waals surface area contributed by atoms with Crippen molar-refractivity contribution in [2.75, 3.05) is 7.11 Å². The van der Waals surface area contributed by atoms with Crippen molar-refractivity contribution in [3.8, 4) is 0 Å². The molecule has 1 rings (SSSR count). The van der Waals surface area contributed by atoms with Crippen LogP contribution in [0.1, 0.15) is 10.4 Å². The summed E-state index contributed by atoms with van der Waals surface area (Å²) in [4.78, 5) is 11.0. The zero-order valence-corrected chi connectivity index (χ0v) is 9.52. The fourth-order valence-electron chi connectivity index (χ4n) is 0.791. The van der Waals surface area contributed by atoms with Crippen LogP contribution in [0.3, 0.4) is 0 Å². The minimum Gasteiger partial charge on any atom is -0.465 e. The zero-order valence-electron chi connectivity index (χ0n) is 6.61. The maximum absolute atomic E-state index is 13.0. The number of hydrogen-bond acceptors (Lipinski definition) is 2. The second-order valence-corrected chi connectivity index (χ2v) is 3.73. The lowest BCUT2D eigenvalue weighted by Crippen LogP contribution is -2.02. The van der Waals surface area contributed by atoms with Crippen molar-refractivity contribution in [3.63, 3.8) is 0 Å². The highest BCUT2D eigenvalue weighted by molar-refractivity contribution is 14.1. The third-order valence-corrected chi connectivity index (χ3v) is 3.12. The number of carbonyl (C=O) groups is 1. The molecular weight excluding hydrogens is 309 g/mol. The molecule has 13 heavy (non-hydrogen) atoms. The first-order valence-electron chi connectivity index (χ1n) is 3.29. The van der Waals surface area contributed by atoms with Crippen molar-refractivity contribution >= 4 is 40.2 Å². The van der Waals surface area contributed by atoms with E-state index in [1.165, 1.54) is 13.2 Å². The molecule has 0 aromatic heterocycles. The molecule has 0 heterocycles. The molecule has 0 fully saturated rings. The lowest BCUT2D eigenvalue weighted by molar-refractivity contribution is 0.0600. The van der Waals surface area contributed by atoms with E-state index in [1.54, 1.807) is 22.6 Å². The molecule has 1 aromatic carbocycles. The molecular formula is C8H5ClFIO2. The Hall–Kier alpha value is -0.360. The van der Waals surface area contributed by atoms with E-state index in [4.69, 9.17) is 11.6 Å². The van der Waals surface area contributed by atoms with Gasteiger partial charge in [-0.05, 0) is 34.7 Å². The van der Waals surface area contributed by atoms with Crippen molar-refractivity contribution in [2.24, 2.45) is 0 Å². The van der Waals surface area contributed by atoms with Gasteiger partial charge in [-0.15, -0.1) is 0 Å². The molecule has 0 atom stereocenters. The fourth-order valence-corrected chi connectivity index (χ4v) is 1.31. The first-order chi connectivity index (χ1) is 6.06. The summed E-state index contributed by atoms with van der Waals surface area (Å²) in [5, 5.41) is 0.209. The van der Waals surface area contributed by atoms with Crippen molar-refractivity contribution in [1.82, 2.24) is 0 Å². The summed E-state index contributed by atoms with van der Waals surface area (Å²) in [6.45, 7) is 0. The van der Waals surface area contributed by atoms with Gasteiger partial charge in [0, 0.05) is 0 Å². The number of hydrogen-bond donors (Lipinski definition) is 0. The fraction of sp³-hybridized carbons (Fsp3) is 0.125. The zero-order chi connectivity index (χ0) is 10.0. The molecule has 0 aliphatic heterocycles. The predicted molar refractivity (Wildman–Crippen MR) is 55.5 cm³/mol. The summed E-state index contributed by atoms with van der Waals surface area (Å²) in [6, 6.07) is 2.47. The molecule has 0 amide bonds. The van der Waals surface area contributed by atoms with Crippen LogP contribution in [-0.2, 0) is 4.74 Å². The number of benzene rings is 1. The van der Waals surface area contributed by atoms with E-state index >= 15 is 0 Å². The van der Waals surface area contributed by atoms with Gasteiger partial charge in [-0.2, -0.15) is 0 Å². The Labute approximate surface area is 93.2 Å². The topological polar surface area (TPSA) is 26.3 Å². The first kappa shape index (κ1) is 10.7. The summed E-state index contributed by atoms with van der Waals surface area (Å²) in [5.41, 5.74) is 0.116. The highest BCUT2D eigenvalue weighted by Gasteiger charge is 2.11. The SMILES string of the molecule is COC(=O)c1cc(F)c(I)c(Cl)c1. The number of ether oxygens (including phenoxy) is 1. The Balaban J connectivity index is 3.20. The van der Waals surface area contributed by atoms with Gasteiger partial charge in [0.15, 0.2) is 0 Å². The summed E-state index contributed by atoms with van der Waals surface area (Å²) in [6.07, 6.45) is 0. The molecule has 1 aromatic rings. The summed E-state index contributed by atoms with van der Waals surface area (Å²) >= 11 is 7.43. The van der Waals surface area contributed by atoms with Crippen LogP contribution in [0.5, 0.6) is 0 Å². The van der Waals surface area contributed by atoms with Gasteiger partial charge in [0.25, 0.3) is 0 Å². The standard InChI is InChI=1S/C8H5ClFIO2/c1-13-8(12)4-2-5(9)7(11)6(10)3-4/h2-3H,1H3. The van der Waals surface area contributed by atoms with Crippen LogP contribution in [0.4, 0.5) is 4.39 Å². The van der Waals surface area contributed by atoms with Gasteiger partial charge in [-0.1, -0.05) is 11.6 Å². The molecule has 5 heteroatoms. The van der Waals surface area contributed by atoms with E-state index in [9.17, 15) is 9.18 Å². The molecule has 0 bridgehead atoms. The second kappa shape index (κ2) is 4.23. The molecule has 2 nitrogen and oxygen atoms in total. The largest absolute Gasteiger partial charge is 0.465 e. The molecule has 0 aliphatic carbocycles. The smallest absolute Gasteiger partial charge is 0.338 e. The van der Waals surface area contributed by atoms with Crippen LogP contribution in [0.25, 0.3) is 0 Å². The van der Waals surface area contributed by atoms with Gasteiger partial charge in [0.05, 0.1) is 21.3 Å². The molecule has 0 unspecified atom stereocenters. The number of carbonyl (C=O) groups excluding carboxylic acids is 1. The second-order valence-electron chi connectivity index (χ2n) is 2.25. The molecule has 0 radical (unpaired) electrons. The van der Waals surface area contributed by atoms with Gasteiger partial charge in [0.2, 0.25) is 0 Å². The highest BCUT2D eigenvalue weighted by Crippen LogP contribution is 2.23. The monoisotopic (exact) mass is 314 g/mol. The molecule has 0 saturated carbocycles. The lowest BCUT2D eigenvalue weighted by atomic mass is 10.2. The van der Waals surface area contributed by atoms with Crippen LogP contribution >= 0.6 is 34.2 Å². The highest BCUT2D eigenvalue weighted by atomic mass is 127. The summed E-state index contributed by atoms with van der Waals surface area (Å²) < 4.78 is 17.8. The van der Waals surface area contributed by atoms with E-state index in [-0.39, 0.29) is 10.6 Å². The average molecular weight is 314 g/mol. The van der Waals surface area contributed by atoms with E-state index in [2.05, 4.69) is 4.74 Å². The Bertz CT molecular complexity index is 331. The Morgan fingerprint density at radius 1 is 1.62 bits per heavy atom. The normalized spacial score (nSPS) is 9.85. The van der Waals surface area contributed by atoms with Gasteiger partial charge in [-0.25, -0.2) is 9.18 Å². The molecule has 70 valence electrons. The molecule has 0 aliphatic rings. The average Bonchev–Trinajstić information content (AvgIpc) is 2.12. The Morgan fingerprint density at radius 3 is 2.69 bits per heavy atom.